The van der Waals surface area contributed by atoms with Crippen LogP contribution in [0.3, 0.4) is 0 Å². The Bertz CT molecular complexity index is 497. The Hall–Kier alpha value is -1.55. The third-order valence-corrected chi connectivity index (χ3v) is 4.18. The van der Waals surface area contributed by atoms with Crippen molar-refractivity contribution in [2.45, 2.75) is 39.2 Å². The predicted octanol–water partition coefficient (Wildman–Crippen LogP) is 1.93. The minimum atomic E-state index is -0.288. The molecular weight excluding hydrogens is 252 g/mol. The molecule has 0 bridgehead atoms. The number of carbonyl (C=O) groups excluding carboxylic acids is 1. The van der Waals surface area contributed by atoms with Gasteiger partial charge < -0.3 is 15.8 Å². The molecule has 1 aromatic carbocycles. The molecule has 1 atom stereocenters. The Kier molecular flexibility index (Phi) is 4.33. The van der Waals surface area contributed by atoms with E-state index in [2.05, 4.69) is 5.32 Å². The fourth-order valence-electron chi connectivity index (χ4n) is 2.35. The largest absolute Gasteiger partial charge is 0.484 e. The number of rotatable bonds is 6. The van der Waals surface area contributed by atoms with E-state index in [1.165, 1.54) is 5.56 Å². The Morgan fingerprint density at radius 2 is 2.10 bits per heavy atom. The molecule has 4 heteroatoms. The average molecular weight is 276 g/mol. The smallest absolute Gasteiger partial charge is 0.258 e. The molecule has 1 amide bonds. The van der Waals surface area contributed by atoms with E-state index in [4.69, 9.17) is 10.5 Å². The fourth-order valence-corrected chi connectivity index (χ4v) is 2.35. The summed E-state index contributed by atoms with van der Waals surface area (Å²) in [6.45, 7) is 6.59. The molecule has 0 spiro atoms. The average Bonchev–Trinajstić information content (AvgIpc) is 3.25. The van der Waals surface area contributed by atoms with Crippen LogP contribution < -0.4 is 15.8 Å². The van der Waals surface area contributed by atoms with E-state index in [9.17, 15) is 4.79 Å². The van der Waals surface area contributed by atoms with Gasteiger partial charge in [-0.05, 0) is 62.8 Å². The normalized spacial score (nSPS) is 17.4. The summed E-state index contributed by atoms with van der Waals surface area (Å²) in [5, 5.41) is 3.01. The summed E-state index contributed by atoms with van der Waals surface area (Å²) in [4.78, 5) is 12.0. The van der Waals surface area contributed by atoms with Gasteiger partial charge in [-0.25, -0.2) is 0 Å². The van der Waals surface area contributed by atoms with Gasteiger partial charge in [0.25, 0.3) is 5.91 Å². The van der Waals surface area contributed by atoms with Gasteiger partial charge in [0, 0.05) is 6.54 Å². The van der Waals surface area contributed by atoms with Gasteiger partial charge in [-0.3, -0.25) is 4.79 Å². The SMILES string of the molecule is Cc1ccc(OCC(=O)NC(C)(CN)C2CC2)cc1C. The van der Waals surface area contributed by atoms with Crippen molar-refractivity contribution in [2.24, 2.45) is 11.7 Å². The molecule has 0 saturated heterocycles. The van der Waals surface area contributed by atoms with Crippen LogP contribution in [0, 0.1) is 19.8 Å². The van der Waals surface area contributed by atoms with Crippen molar-refractivity contribution >= 4 is 5.91 Å². The molecule has 1 aliphatic carbocycles. The summed E-state index contributed by atoms with van der Waals surface area (Å²) in [7, 11) is 0. The first kappa shape index (κ1) is 14.9. The zero-order valence-electron chi connectivity index (χ0n) is 12.5. The predicted molar refractivity (Wildman–Crippen MR) is 79.7 cm³/mol. The topological polar surface area (TPSA) is 64.3 Å². The highest BCUT2D eigenvalue weighted by Crippen LogP contribution is 2.38. The monoisotopic (exact) mass is 276 g/mol. The molecule has 1 fully saturated rings. The van der Waals surface area contributed by atoms with Crippen molar-refractivity contribution in [3.05, 3.63) is 29.3 Å². The van der Waals surface area contributed by atoms with Gasteiger partial charge >= 0.3 is 0 Å². The van der Waals surface area contributed by atoms with E-state index in [0.717, 1.165) is 24.2 Å². The van der Waals surface area contributed by atoms with Gasteiger partial charge in [-0.2, -0.15) is 0 Å². The van der Waals surface area contributed by atoms with E-state index < -0.39 is 0 Å². The lowest BCUT2D eigenvalue weighted by Gasteiger charge is -2.29. The van der Waals surface area contributed by atoms with Crippen molar-refractivity contribution in [3.63, 3.8) is 0 Å². The standard InChI is InChI=1S/C16H24N2O2/c1-11-4-7-14(8-12(11)2)20-9-15(19)18-16(3,10-17)13-5-6-13/h4,7-8,13H,5-6,9-10,17H2,1-3H3,(H,18,19). The summed E-state index contributed by atoms with van der Waals surface area (Å²) in [6, 6.07) is 5.83. The third kappa shape index (κ3) is 3.51. The molecule has 1 aliphatic rings. The van der Waals surface area contributed by atoms with Crippen LogP contribution in [-0.2, 0) is 4.79 Å². The molecule has 0 aromatic heterocycles. The maximum atomic E-state index is 12.0. The Balaban J connectivity index is 1.87. The van der Waals surface area contributed by atoms with Crippen LogP contribution in [0.15, 0.2) is 18.2 Å². The first-order valence-electron chi connectivity index (χ1n) is 7.16. The highest BCUT2D eigenvalue weighted by atomic mass is 16.5. The number of nitrogens with two attached hydrogens (primary N) is 1. The Morgan fingerprint density at radius 3 is 2.65 bits per heavy atom. The molecule has 1 saturated carbocycles. The molecule has 0 heterocycles. The van der Waals surface area contributed by atoms with Crippen LogP contribution in [0.2, 0.25) is 0 Å². The van der Waals surface area contributed by atoms with Crippen molar-refractivity contribution in [3.8, 4) is 5.75 Å². The molecule has 2 rings (SSSR count). The second kappa shape index (κ2) is 5.83. The first-order chi connectivity index (χ1) is 9.44. The van der Waals surface area contributed by atoms with Crippen molar-refractivity contribution in [2.75, 3.05) is 13.2 Å². The number of carbonyl (C=O) groups is 1. The van der Waals surface area contributed by atoms with Crippen LogP contribution in [0.25, 0.3) is 0 Å². The third-order valence-electron chi connectivity index (χ3n) is 4.18. The number of benzene rings is 1. The highest BCUT2D eigenvalue weighted by molar-refractivity contribution is 5.78. The van der Waals surface area contributed by atoms with E-state index in [1.807, 2.05) is 39.0 Å². The summed E-state index contributed by atoms with van der Waals surface area (Å²) in [6.07, 6.45) is 2.29. The van der Waals surface area contributed by atoms with E-state index in [-0.39, 0.29) is 18.1 Å². The van der Waals surface area contributed by atoms with Gasteiger partial charge in [0.2, 0.25) is 0 Å². The first-order valence-corrected chi connectivity index (χ1v) is 7.16. The zero-order valence-corrected chi connectivity index (χ0v) is 12.5. The molecule has 1 unspecified atom stereocenters. The lowest BCUT2D eigenvalue weighted by molar-refractivity contribution is -0.125. The summed E-state index contributed by atoms with van der Waals surface area (Å²) < 4.78 is 5.54. The lowest BCUT2D eigenvalue weighted by Crippen LogP contribution is -2.54. The van der Waals surface area contributed by atoms with Crippen LogP contribution in [-0.4, -0.2) is 24.6 Å². The van der Waals surface area contributed by atoms with E-state index >= 15 is 0 Å². The maximum absolute atomic E-state index is 12.0. The number of hydrogen-bond donors (Lipinski definition) is 2. The van der Waals surface area contributed by atoms with Crippen LogP contribution in [0.5, 0.6) is 5.75 Å². The van der Waals surface area contributed by atoms with Gasteiger partial charge in [0.05, 0.1) is 5.54 Å². The van der Waals surface area contributed by atoms with Crippen molar-refractivity contribution in [1.82, 2.24) is 5.32 Å². The second-order valence-corrected chi connectivity index (χ2v) is 5.98. The fraction of sp³-hybridized carbons (Fsp3) is 0.562. The molecule has 1 aromatic rings. The van der Waals surface area contributed by atoms with Gasteiger partial charge in [0.1, 0.15) is 5.75 Å². The molecule has 4 nitrogen and oxygen atoms in total. The summed E-state index contributed by atoms with van der Waals surface area (Å²) >= 11 is 0. The van der Waals surface area contributed by atoms with E-state index in [0.29, 0.717) is 12.5 Å². The minimum Gasteiger partial charge on any atom is -0.484 e. The van der Waals surface area contributed by atoms with Crippen LogP contribution in [0.4, 0.5) is 0 Å². The molecule has 0 aliphatic heterocycles. The van der Waals surface area contributed by atoms with Crippen LogP contribution >= 0.6 is 0 Å². The zero-order chi connectivity index (χ0) is 14.8. The molecule has 20 heavy (non-hydrogen) atoms. The Morgan fingerprint density at radius 1 is 1.40 bits per heavy atom. The quantitative estimate of drug-likeness (QED) is 0.834. The number of amides is 1. The van der Waals surface area contributed by atoms with Crippen molar-refractivity contribution in [1.29, 1.82) is 0 Å². The summed E-state index contributed by atoms with van der Waals surface area (Å²) in [5.41, 5.74) is 7.87. The van der Waals surface area contributed by atoms with E-state index in [1.54, 1.807) is 0 Å². The minimum absolute atomic E-state index is 0.0326. The van der Waals surface area contributed by atoms with Gasteiger partial charge in [-0.15, -0.1) is 0 Å². The molecule has 110 valence electrons. The molecular formula is C16H24N2O2. The number of hydrogen-bond acceptors (Lipinski definition) is 3. The summed E-state index contributed by atoms with van der Waals surface area (Å²) in [5.74, 6) is 1.13. The lowest BCUT2D eigenvalue weighted by atomic mass is 9.96. The second-order valence-electron chi connectivity index (χ2n) is 5.98. The molecule has 0 radical (unpaired) electrons. The highest BCUT2D eigenvalue weighted by Gasteiger charge is 2.41. The Labute approximate surface area is 120 Å². The molecule has 3 N–H and O–H groups in total. The van der Waals surface area contributed by atoms with Crippen LogP contribution in [0.1, 0.15) is 30.9 Å². The maximum Gasteiger partial charge on any atom is 0.258 e. The number of nitrogens with one attached hydrogen (secondary N) is 1. The number of aryl methyl sites for hydroxylation is 2. The number of ether oxygens (including phenoxy) is 1. The van der Waals surface area contributed by atoms with Gasteiger partial charge in [0.15, 0.2) is 6.61 Å². The van der Waals surface area contributed by atoms with Crippen molar-refractivity contribution < 1.29 is 9.53 Å². The van der Waals surface area contributed by atoms with Gasteiger partial charge in [-0.1, -0.05) is 6.07 Å².